The summed E-state index contributed by atoms with van der Waals surface area (Å²) in [5.74, 6) is -0.330. The number of carbonyl (C=O) groups is 1. The first kappa shape index (κ1) is 18.9. The molecule has 3 aromatic heterocycles. The quantitative estimate of drug-likeness (QED) is 0.644. The van der Waals surface area contributed by atoms with Crippen LogP contribution in [0.5, 0.6) is 0 Å². The number of esters is 1. The number of aromatic nitrogens is 4. The zero-order valence-corrected chi connectivity index (χ0v) is 15.1. The van der Waals surface area contributed by atoms with Gasteiger partial charge in [-0.25, -0.2) is 19.4 Å². The first-order chi connectivity index (χ1) is 12.5. The fourth-order valence-corrected chi connectivity index (χ4v) is 2.40. The summed E-state index contributed by atoms with van der Waals surface area (Å²) >= 11 is 0. The number of alkyl halides is 3. The molecule has 0 saturated heterocycles. The summed E-state index contributed by atoms with van der Waals surface area (Å²) in [5.41, 5.74) is -1.09. The molecule has 0 fully saturated rings. The van der Waals surface area contributed by atoms with Gasteiger partial charge in [-0.2, -0.15) is 18.3 Å². The maximum Gasteiger partial charge on any atom is 0.435 e. The first-order valence-corrected chi connectivity index (χ1v) is 7.99. The van der Waals surface area contributed by atoms with Crippen molar-refractivity contribution in [1.29, 1.82) is 0 Å². The maximum atomic E-state index is 13.1. The van der Waals surface area contributed by atoms with Gasteiger partial charge < -0.3 is 9.15 Å². The van der Waals surface area contributed by atoms with E-state index in [1.165, 1.54) is 13.3 Å². The molecule has 0 bridgehead atoms. The molecule has 3 aromatic rings. The van der Waals surface area contributed by atoms with Gasteiger partial charge in [-0.3, -0.25) is 0 Å². The van der Waals surface area contributed by atoms with E-state index in [-0.39, 0.29) is 28.6 Å². The van der Waals surface area contributed by atoms with Crippen LogP contribution in [0.25, 0.3) is 11.0 Å². The van der Waals surface area contributed by atoms with E-state index in [4.69, 9.17) is 9.15 Å². The van der Waals surface area contributed by atoms with E-state index >= 15 is 0 Å². The average molecular weight is 382 g/mol. The molecule has 0 aliphatic rings. The third-order valence-electron chi connectivity index (χ3n) is 3.73. The number of oxazole rings is 1. The fourth-order valence-electron chi connectivity index (χ4n) is 2.40. The number of fused-ring (bicyclic) bond motifs is 1. The Labute approximate surface area is 152 Å². The van der Waals surface area contributed by atoms with Gasteiger partial charge >= 0.3 is 12.1 Å². The van der Waals surface area contributed by atoms with Crippen LogP contribution in [-0.4, -0.2) is 25.7 Å². The monoisotopic (exact) mass is 382 g/mol. The van der Waals surface area contributed by atoms with Crippen molar-refractivity contribution in [2.24, 2.45) is 7.05 Å². The summed E-state index contributed by atoms with van der Waals surface area (Å²) in [6.07, 6.45) is -2.14. The van der Waals surface area contributed by atoms with E-state index in [0.29, 0.717) is 11.6 Å². The van der Waals surface area contributed by atoms with Gasteiger partial charge in [-0.15, -0.1) is 0 Å². The normalized spacial score (nSPS) is 12.6. The van der Waals surface area contributed by atoms with E-state index in [1.807, 2.05) is 20.8 Å². The summed E-state index contributed by atoms with van der Waals surface area (Å²) in [5, 5.41) is 3.17. The minimum Gasteiger partial charge on any atom is -0.455 e. The Kier molecular flexibility index (Phi) is 4.44. The van der Waals surface area contributed by atoms with Gasteiger partial charge in [0, 0.05) is 18.7 Å². The SMILES string of the molecule is Cn1nc(C(F)(F)F)c2cc(C(=O)OCc3coc(C(C)(C)C)n3)cnc21. The minimum absolute atomic E-state index is 0.0187. The highest BCUT2D eigenvalue weighted by Gasteiger charge is 2.37. The molecule has 144 valence electrons. The van der Waals surface area contributed by atoms with Gasteiger partial charge in [0.1, 0.15) is 18.6 Å². The number of pyridine rings is 1. The largest absolute Gasteiger partial charge is 0.455 e. The van der Waals surface area contributed by atoms with Crippen molar-refractivity contribution >= 4 is 17.0 Å². The van der Waals surface area contributed by atoms with Gasteiger partial charge in [0.25, 0.3) is 0 Å². The lowest BCUT2D eigenvalue weighted by atomic mass is 9.97. The topological polar surface area (TPSA) is 83.0 Å². The predicted molar refractivity (Wildman–Crippen MR) is 87.8 cm³/mol. The number of aryl methyl sites for hydroxylation is 1. The molecule has 0 spiro atoms. The van der Waals surface area contributed by atoms with Crippen LogP contribution < -0.4 is 0 Å². The number of ether oxygens (including phenoxy) is 1. The Hall–Kier alpha value is -2.91. The molecule has 0 radical (unpaired) electrons. The van der Waals surface area contributed by atoms with Crippen LogP contribution in [0.4, 0.5) is 13.2 Å². The molecule has 0 aliphatic carbocycles. The minimum atomic E-state index is -4.66. The molecule has 10 heteroatoms. The lowest BCUT2D eigenvalue weighted by Gasteiger charge is -2.11. The lowest BCUT2D eigenvalue weighted by molar-refractivity contribution is -0.140. The average Bonchev–Trinajstić information content (AvgIpc) is 3.16. The molecule has 0 atom stereocenters. The Morgan fingerprint density at radius 1 is 1.30 bits per heavy atom. The number of nitrogens with zero attached hydrogens (tertiary/aromatic N) is 4. The zero-order chi connectivity index (χ0) is 20.0. The standard InChI is InChI=1S/C17H17F3N4O3/c1-16(2,3)15-22-10(8-27-15)7-26-14(25)9-5-11-12(17(18,19)20)23-24(4)13(11)21-6-9/h5-6,8H,7H2,1-4H3. The van der Waals surface area contributed by atoms with Crippen LogP contribution in [0.15, 0.2) is 22.9 Å². The highest BCUT2D eigenvalue weighted by molar-refractivity contribution is 5.93. The summed E-state index contributed by atoms with van der Waals surface area (Å²) < 4.78 is 50.7. The molecular weight excluding hydrogens is 365 g/mol. The van der Waals surface area contributed by atoms with Crippen molar-refractivity contribution in [1.82, 2.24) is 19.7 Å². The smallest absolute Gasteiger partial charge is 0.435 e. The van der Waals surface area contributed by atoms with Gasteiger partial charge in [0.05, 0.1) is 10.9 Å². The molecule has 0 aliphatic heterocycles. The van der Waals surface area contributed by atoms with Gasteiger partial charge in [-0.05, 0) is 6.07 Å². The van der Waals surface area contributed by atoms with Crippen LogP contribution in [0, 0.1) is 0 Å². The lowest BCUT2D eigenvalue weighted by Crippen LogP contribution is -2.12. The highest BCUT2D eigenvalue weighted by Crippen LogP contribution is 2.33. The van der Waals surface area contributed by atoms with E-state index in [0.717, 1.165) is 16.9 Å². The first-order valence-electron chi connectivity index (χ1n) is 7.99. The Bertz CT molecular complexity index is 999. The number of carbonyl (C=O) groups excluding carboxylic acids is 1. The fraction of sp³-hybridized carbons (Fsp3) is 0.412. The van der Waals surface area contributed by atoms with E-state index in [9.17, 15) is 18.0 Å². The van der Waals surface area contributed by atoms with Crippen LogP contribution in [0.2, 0.25) is 0 Å². The van der Waals surface area contributed by atoms with E-state index in [2.05, 4.69) is 15.1 Å². The van der Waals surface area contributed by atoms with Crippen molar-refractivity contribution in [3.8, 4) is 0 Å². The molecule has 0 unspecified atom stereocenters. The van der Waals surface area contributed by atoms with E-state index in [1.54, 1.807) is 0 Å². The highest BCUT2D eigenvalue weighted by atomic mass is 19.4. The van der Waals surface area contributed by atoms with E-state index < -0.39 is 17.8 Å². The maximum absolute atomic E-state index is 13.1. The number of hydrogen-bond acceptors (Lipinski definition) is 6. The summed E-state index contributed by atoms with van der Waals surface area (Å²) in [6.45, 7) is 5.58. The second-order valence-corrected chi connectivity index (χ2v) is 7.04. The summed E-state index contributed by atoms with van der Waals surface area (Å²) in [6, 6.07) is 1.07. The Balaban J connectivity index is 1.81. The Morgan fingerprint density at radius 3 is 2.59 bits per heavy atom. The number of hydrogen-bond donors (Lipinski definition) is 0. The number of rotatable bonds is 3. The van der Waals surface area contributed by atoms with Crippen LogP contribution in [-0.2, 0) is 30.0 Å². The van der Waals surface area contributed by atoms with Crippen molar-refractivity contribution in [2.75, 3.05) is 0 Å². The molecule has 0 saturated carbocycles. The van der Waals surface area contributed by atoms with Crippen molar-refractivity contribution in [3.05, 3.63) is 41.4 Å². The molecular formula is C17H17F3N4O3. The molecule has 3 rings (SSSR count). The summed E-state index contributed by atoms with van der Waals surface area (Å²) in [4.78, 5) is 20.3. The van der Waals surface area contributed by atoms with Crippen LogP contribution in [0.1, 0.15) is 48.4 Å². The molecule has 3 heterocycles. The molecule has 0 N–H and O–H groups in total. The molecule has 7 nitrogen and oxygen atoms in total. The van der Waals surface area contributed by atoms with Gasteiger partial charge in [0.15, 0.2) is 17.2 Å². The van der Waals surface area contributed by atoms with Crippen molar-refractivity contribution in [3.63, 3.8) is 0 Å². The van der Waals surface area contributed by atoms with Gasteiger partial charge in [0.2, 0.25) is 0 Å². The predicted octanol–water partition coefficient (Wildman–Crippen LogP) is 3.63. The zero-order valence-electron chi connectivity index (χ0n) is 15.1. The Morgan fingerprint density at radius 2 is 2.00 bits per heavy atom. The van der Waals surface area contributed by atoms with Crippen LogP contribution >= 0.6 is 0 Å². The van der Waals surface area contributed by atoms with Crippen molar-refractivity contribution in [2.45, 2.75) is 39.0 Å². The second kappa shape index (κ2) is 6.36. The van der Waals surface area contributed by atoms with Crippen LogP contribution in [0.3, 0.4) is 0 Å². The third kappa shape index (κ3) is 3.79. The third-order valence-corrected chi connectivity index (χ3v) is 3.73. The molecule has 0 aromatic carbocycles. The molecule has 27 heavy (non-hydrogen) atoms. The second-order valence-electron chi connectivity index (χ2n) is 7.04. The molecule has 0 amide bonds. The van der Waals surface area contributed by atoms with Gasteiger partial charge in [-0.1, -0.05) is 20.8 Å². The van der Waals surface area contributed by atoms with Crippen molar-refractivity contribution < 1.29 is 27.1 Å². The number of halogens is 3. The summed E-state index contributed by atoms with van der Waals surface area (Å²) in [7, 11) is 1.35.